The van der Waals surface area contributed by atoms with Crippen molar-refractivity contribution in [2.45, 2.75) is 87.0 Å². The van der Waals surface area contributed by atoms with Gasteiger partial charge in [0.2, 0.25) is 0 Å². The fourth-order valence-corrected chi connectivity index (χ4v) is 10.7. The van der Waals surface area contributed by atoms with Gasteiger partial charge in [-0.3, -0.25) is 0 Å². The molecule has 0 fully saturated rings. The predicted molar refractivity (Wildman–Crippen MR) is 332 cm³/mol. The molecule has 0 spiro atoms. The zero-order valence-electron chi connectivity index (χ0n) is 45.4. The van der Waals surface area contributed by atoms with E-state index in [-0.39, 0.29) is 0 Å². The van der Waals surface area contributed by atoms with Crippen LogP contribution in [-0.2, 0) is 0 Å². The van der Waals surface area contributed by atoms with Gasteiger partial charge in [0.15, 0.2) is 0 Å². The maximum atomic E-state index is 4.69. The molecule has 0 saturated carbocycles. The molecule has 0 bridgehead atoms. The summed E-state index contributed by atoms with van der Waals surface area (Å²) in [5.41, 5.74) is 23.3. The summed E-state index contributed by atoms with van der Waals surface area (Å²) < 4.78 is 2.51. The summed E-state index contributed by atoms with van der Waals surface area (Å²) in [5.74, 6) is 0. The fourth-order valence-electron chi connectivity index (χ4n) is 10.7. The molecule has 6 aromatic carbocycles. The van der Waals surface area contributed by atoms with Crippen molar-refractivity contribution in [3.05, 3.63) is 271 Å². The normalized spacial score (nSPS) is 16.0. The number of rotatable bonds is 10. The van der Waals surface area contributed by atoms with E-state index in [1.165, 1.54) is 94.4 Å². The molecule has 0 unspecified atom stereocenters. The number of anilines is 1. The quantitative estimate of drug-likeness (QED) is 0.124. The predicted octanol–water partition coefficient (Wildman–Crippen LogP) is 21.5. The van der Waals surface area contributed by atoms with Gasteiger partial charge in [-0.15, -0.1) is 0 Å². The van der Waals surface area contributed by atoms with Crippen molar-refractivity contribution in [2.75, 3.05) is 4.90 Å². The van der Waals surface area contributed by atoms with Crippen LogP contribution in [0.1, 0.15) is 104 Å². The van der Waals surface area contributed by atoms with E-state index in [0.717, 1.165) is 60.9 Å². The van der Waals surface area contributed by atoms with Gasteiger partial charge in [-0.25, -0.2) is 0 Å². The summed E-state index contributed by atoms with van der Waals surface area (Å²) in [7, 11) is 0. The van der Waals surface area contributed by atoms with Gasteiger partial charge in [0.1, 0.15) is 0 Å². The van der Waals surface area contributed by atoms with Gasteiger partial charge in [-0.2, -0.15) is 0 Å². The first-order valence-corrected chi connectivity index (χ1v) is 27.5. The maximum absolute atomic E-state index is 4.69. The lowest BCUT2D eigenvalue weighted by atomic mass is 9.83. The highest BCUT2D eigenvalue weighted by molar-refractivity contribution is 6.12. The molecule has 0 saturated heterocycles. The lowest BCUT2D eigenvalue weighted by Crippen LogP contribution is -2.21. The second-order valence-corrected chi connectivity index (χ2v) is 18.3. The minimum absolute atomic E-state index is 0.870. The van der Waals surface area contributed by atoms with Crippen molar-refractivity contribution in [3.8, 4) is 33.4 Å². The molecule has 7 aromatic rings. The highest BCUT2D eigenvalue weighted by atomic mass is 15.1. The Labute approximate surface area is 448 Å². The molecule has 2 heteroatoms. The van der Waals surface area contributed by atoms with Crippen LogP contribution in [-0.4, -0.2) is 4.57 Å². The maximum Gasteiger partial charge on any atom is 0.0544 e. The van der Waals surface area contributed by atoms with Crippen LogP contribution in [0.4, 0.5) is 5.69 Å². The minimum atomic E-state index is 0.870. The molecule has 4 aliphatic rings. The molecule has 75 heavy (non-hydrogen) atoms. The summed E-state index contributed by atoms with van der Waals surface area (Å²) in [6, 6.07) is 49.7. The van der Waals surface area contributed by atoms with Crippen LogP contribution >= 0.6 is 0 Å². The smallest absolute Gasteiger partial charge is 0.0544 e. The van der Waals surface area contributed by atoms with Crippen molar-refractivity contribution in [3.63, 3.8) is 0 Å². The zero-order valence-corrected chi connectivity index (χ0v) is 45.4. The van der Waals surface area contributed by atoms with E-state index in [0.29, 0.717) is 0 Å². The van der Waals surface area contributed by atoms with Gasteiger partial charge in [0.05, 0.1) is 11.0 Å². The Morgan fingerprint density at radius 1 is 0.560 bits per heavy atom. The molecule has 0 radical (unpaired) electrons. The van der Waals surface area contributed by atoms with Gasteiger partial charge >= 0.3 is 0 Å². The van der Waals surface area contributed by atoms with E-state index in [9.17, 15) is 0 Å². The largest absolute Gasteiger partial charge is 0.320 e. The van der Waals surface area contributed by atoms with E-state index in [4.69, 9.17) is 6.58 Å². The number of nitrogens with zero attached hydrogens (tertiary/aromatic N) is 2. The Morgan fingerprint density at radius 3 is 1.92 bits per heavy atom. The second-order valence-electron chi connectivity index (χ2n) is 18.3. The molecule has 2 heterocycles. The molecule has 0 atom stereocenters. The number of allylic oxidation sites excluding steroid dienone is 21. The Morgan fingerprint density at radius 2 is 1.24 bits per heavy atom. The first-order valence-electron chi connectivity index (χ1n) is 27.5. The average molecular weight is 979 g/mol. The van der Waals surface area contributed by atoms with E-state index >= 15 is 0 Å². The van der Waals surface area contributed by atoms with Crippen LogP contribution in [0.25, 0.3) is 77.6 Å². The van der Waals surface area contributed by atoms with Crippen molar-refractivity contribution >= 4 is 49.9 Å². The molecule has 0 amide bonds. The van der Waals surface area contributed by atoms with Crippen LogP contribution in [0.15, 0.2) is 255 Å². The van der Waals surface area contributed by atoms with Crippen LogP contribution in [0.5, 0.6) is 0 Å². The first-order chi connectivity index (χ1) is 37.1. The molecule has 2 nitrogen and oxygen atoms in total. The summed E-state index contributed by atoms with van der Waals surface area (Å²) >= 11 is 0. The van der Waals surface area contributed by atoms with Crippen LogP contribution < -0.4 is 4.90 Å². The number of fused-ring (bicyclic) bond motifs is 3. The summed E-state index contributed by atoms with van der Waals surface area (Å²) in [6.07, 6.45) is 38.7. The highest BCUT2D eigenvalue weighted by Crippen LogP contribution is 2.47. The van der Waals surface area contributed by atoms with Gasteiger partial charge in [0.25, 0.3) is 0 Å². The minimum Gasteiger partial charge on any atom is -0.320 e. The molecule has 0 N–H and O–H groups in total. The average Bonchev–Trinajstić information content (AvgIpc) is 3.86. The third-order valence-corrected chi connectivity index (χ3v) is 14.1. The molecular weight excluding hydrogens is 905 g/mol. The molecular formula is C73H74N2. The van der Waals surface area contributed by atoms with Gasteiger partial charge in [-0.1, -0.05) is 225 Å². The third kappa shape index (κ3) is 11.3. The van der Waals surface area contributed by atoms with Crippen molar-refractivity contribution < 1.29 is 0 Å². The second kappa shape index (κ2) is 25.6. The van der Waals surface area contributed by atoms with Crippen molar-refractivity contribution in [2.24, 2.45) is 0 Å². The number of aromatic nitrogens is 1. The van der Waals surface area contributed by atoms with Crippen molar-refractivity contribution in [1.82, 2.24) is 4.57 Å². The summed E-state index contributed by atoms with van der Waals surface area (Å²) in [4.78, 5) is 2.44. The Hall–Kier alpha value is -8.20. The standard InChI is InChI=1S/C67H56N2.3C2H6/c1-4-20-48(21-5-2)50-31-33-53(34-32-50)67-61(51-25-12-7-13-26-51)45-58(46-62(67)52-27-14-8-15-28-52)68-41-19-18-22-47(3)60-42-54(36-39-64(60)68)55-37-40-65-63(43-55)59-38-35-56(49-23-10-6-11-24-49)44-66(59)69(65)57-29-16-9-17-30-57;3*1-2/h4-14,16,18-27,29,31-35,37-38,40-46H,1,3,15,17,28,30,36,39H2,2H3;3*1-2H3/b21-5-,22-18-,41-19-,48-20+;;;. The lowest BCUT2D eigenvalue weighted by molar-refractivity contribution is 0.910. The highest BCUT2D eigenvalue weighted by Gasteiger charge is 2.26. The van der Waals surface area contributed by atoms with Gasteiger partial charge in [0, 0.05) is 39.6 Å². The van der Waals surface area contributed by atoms with Gasteiger partial charge in [-0.05, 0) is 166 Å². The number of hydrogen-bond acceptors (Lipinski definition) is 1. The van der Waals surface area contributed by atoms with Crippen LogP contribution in [0, 0.1) is 0 Å². The van der Waals surface area contributed by atoms with E-state index in [1.54, 1.807) is 0 Å². The van der Waals surface area contributed by atoms with Crippen LogP contribution in [0.2, 0.25) is 0 Å². The Bertz CT molecular complexity index is 3490. The molecule has 376 valence electrons. The Kier molecular flexibility index (Phi) is 18.2. The topological polar surface area (TPSA) is 8.17 Å². The fraction of sp³-hybridized carbons (Fsp3) is 0.178. The first kappa shape index (κ1) is 53.1. The van der Waals surface area contributed by atoms with Gasteiger partial charge < -0.3 is 9.47 Å². The molecule has 3 aliphatic carbocycles. The Balaban J connectivity index is 0.00000120. The third-order valence-electron chi connectivity index (χ3n) is 14.1. The lowest BCUT2D eigenvalue weighted by Gasteiger charge is -2.32. The van der Waals surface area contributed by atoms with Crippen molar-refractivity contribution in [1.29, 1.82) is 0 Å². The van der Waals surface area contributed by atoms with E-state index in [1.807, 2.05) is 47.6 Å². The molecule has 1 aliphatic heterocycles. The number of hydrogen-bond donors (Lipinski definition) is 0. The number of benzene rings is 6. The summed E-state index contributed by atoms with van der Waals surface area (Å²) in [6.45, 7) is 22.7. The SMILES string of the molecule is C=C/C=C(\C=C/C)c1ccc(-c2c(C3=CC=CCC3)cc(N3/C=C\C=C/C(=C)C4=C3CCC(c3ccc5c(c3)c3ccc(-c6ccccc6)cc3n5C3=CC=CCC3)=C4)cc2-c2ccccc2)cc1.CC.CC.CC. The molecule has 1 aromatic heterocycles. The summed E-state index contributed by atoms with van der Waals surface area (Å²) in [5, 5.41) is 2.57. The molecule has 11 rings (SSSR count). The van der Waals surface area contributed by atoms with E-state index in [2.05, 4.69) is 242 Å². The van der Waals surface area contributed by atoms with E-state index < -0.39 is 0 Å². The monoisotopic (exact) mass is 979 g/mol. The zero-order chi connectivity index (χ0) is 52.7. The van der Waals surface area contributed by atoms with Crippen LogP contribution in [0.3, 0.4) is 0 Å².